The summed E-state index contributed by atoms with van der Waals surface area (Å²) < 4.78 is 11.7. The van der Waals surface area contributed by atoms with Crippen molar-refractivity contribution in [1.82, 2.24) is 0 Å². The number of para-hydroxylation sites is 2. The molecule has 4 nitrogen and oxygen atoms in total. The average Bonchev–Trinajstić information content (AvgIpc) is 2.95. The van der Waals surface area contributed by atoms with Crippen LogP contribution in [0.2, 0.25) is 0 Å². The first-order valence-corrected chi connectivity index (χ1v) is 13.2. The number of ether oxygens (including phenoxy) is 2. The molecule has 0 saturated carbocycles. The highest BCUT2D eigenvalue weighted by Crippen LogP contribution is 2.31. The third-order valence-electron chi connectivity index (χ3n) is 6.44. The standard InChI is InChI=1S/C36H32O4/c1-5-13-25-17-9-11-19-33(25)39-35(37)28-23-27(15-7-3)29-21-22-31(30(16-8-4)32(29)24-28)36(38)40-34-20-12-10-18-26(34)14-6-2/h5-14,17-24H,3-4,15-16H2,1-2H3/b13-5-,14-6-. The average molecular weight is 529 g/mol. The Balaban J connectivity index is 1.81. The molecule has 0 radical (unpaired) electrons. The molecule has 40 heavy (non-hydrogen) atoms. The van der Waals surface area contributed by atoms with Crippen LogP contribution in [-0.2, 0) is 12.8 Å². The van der Waals surface area contributed by atoms with Gasteiger partial charge in [0.25, 0.3) is 0 Å². The summed E-state index contributed by atoms with van der Waals surface area (Å²) in [5, 5.41) is 1.69. The predicted molar refractivity (Wildman–Crippen MR) is 164 cm³/mol. The lowest BCUT2D eigenvalue weighted by molar-refractivity contribution is 0.0725. The Morgan fingerprint density at radius 2 is 1.27 bits per heavy atom. The van der Waals surface area contributed by atoms with Crippen molar-refractivity contribution < 1.29 is 19.1 Å². The van der Waals surface area contributed by atoms with Crippen LogP contribution in [0.1, 0.15) is 56.8 Å². The molecule has 4 aromatic carbocycles. The van der Waals surface area contributed by atoms with E-state index in [9.17, 15) is 9.59 Å². The molecule has 4 rings (SSSR count). The Labute approximate surface area is 235 Å². The summed E-state index contributed by atoms with van der Waals surface area (Å²) in [5.41, 5.74) is 4.05. The summed E-state index contributed by atoms with van der Waals surface area (Å²) in [6.07, 6.45) is 12.1. The predicted octanol–water partition coefficient (Wildman–Crippen LogP) is 8.80. The van der Waals surface area contributed by atoms with Crippen LogP contribution in [0, 0.1) is 0 Å². The van der Waals surface area contributed by atoms with Crippen LogP contribution in [0.3, 0.4) is 0 Å². The van der Waals surface area contributed by atoms with Crippen LogP contribution in [0.4, 0.5) is 0 Å². The van der Waals surface area contributed by atoms with E-state index in [0.717, 1.165) is 33.0 Å². The molecule has 0 bridgehead atoms. The van der Waals surface area contributed by atoms with Crippen LogP contribution in [0.15, 0.2) is 110 Å². The number of hydrogen-bond donors (Lipinski definition) is 0. The van der Waals surface area contributed by atoms with E-state index in [1.54, 1.807) is 36.4 Å². The fourth-order valence-electron chi connectivity index (χ4n) is 4.67. The summed E-state index contributed by atoms with van der Waals surface area (Å²) in [4.78, 5) is 26.9. The third kappa shape index (κ3) is 6.19. The molecule has 0 fully saturated rings. The number of benzene rings is 4. The van der Waals surface area contributed by atoms with Crippen LogP contribution in [0.25, 0.3) is 22.9 Å². The second-order valence-electron chi connectivity index (χ2n) is 9.16. The summed E-state index contributed by atoms with van der Waals surface area (Å²) in [6, 6.07) is 22.0. The summed E-state index contributed by atoms with van der Waals surface area (Å²) >= 11 is 0. The highest BCUT2D eigenvalue weighted by molar-refractivity contribution is 6.04. The zero-order chi connectivity index (χ0) is 28.5. The van der Waals surface area contributed by atoms with E-state index in [1.807, 2.05) is 86.7 Å². The SMILES string of the molecule is C=CCc1cc(C(=O)Oc2ccccc2/C=C\C)cc2c(CC=C)c(C(=O)Oc3ccccc3/C=C\C)ccc12. The summed E-state index contributed by atoms with van der Waals surface area (Å²) in [6.45, 7) is 11.6. The second kappa shape index (κ2) is 13.2. The molecule has 0 atom stereocenters. The number of allylic oxidation sites excluding steroid dienone is 4. The zero-order valence-electron chi connectivity index (χ0n) is 22.9. The number of esters is 2. The monoisotopic (exact) mass is 528 g/mol. The van der Waals surface area contributed by atoms with Crippen molar-refractivity contribution >= 4 is 34.9 Å². The van der Waals surface area contributed by atoms with Crippen molar-refractivity contribution in [2.75, 3.05) is 0 Å². The molecular formula is C36H32O4. The van der Waals surface area contributed by atoms with Gasteiger partial charge in [-0.3, -0.25) is 0 Å². The van der Waals surface area contributed by atoms with Gasteiger partial charge in [0.2, 0.25) is 0 Å². The largest absolute Gasteiger partial charge is 0.422 e. The van der Waals surface area contributed by atoms with E-state index < -0.39 is 11.9 Å². The number of carbonyl (C=O) groups is 2. The quantitative estimate of drug-likeness (QED) is 0.117. The highest BCUT2D eigenvalue weighted by atomic mass is 16.5. The topological polar surface area (TPSA) is 52.6 Å². The molecule has 0 heterocycles. The molecule has 0 aliphatic rings. The highest BCUT2D eigenvalue weighted by Gasteiger charge is 2.20. The summed E-state index contributed by atoms with van der Waals surface area (Å²) in [7, 11) is 0. The Morgan fingerprint density at radius 1 is 0.700 bits per heavy atom. The minimum absolute atomic E-state index is 0.383. The second-order valence-corrected chi connectivity index (χ2v) is 9.16. The fourth-order valence-corrected chi connectivity index (χ4v) is 4.67. The van der Waals surface area contributed by atoms with Crippen molar-refractivity contribution in [2.45, 2.75) is 26.7 Å². The molecule has 0 unspecified atom stereocenters. The maximum absolute atomic E-state index is 13.5. The zero-order valence-corrected chi connectivity index (χ0v) is 22.9. The van der Waals surface area contributed by atoms with Gasteiger partial charge in [-0.2, -0.15) is 0 Å². The van der Waals surface area contributed by atoms with Gasteiger partial charge in [-0.25, -0.2) is 9.59 Å². The van der Waals surface area contributed by atoms with E-state index >= 15 is 0 Å². The minimum atomic E-state index is -0.484. The molecule has 0 amide bonds. The molecule has 200 valence electrons. The number of carbonyl (C=O) groups excluding carboxylic acids is 2. The van der Waals surface area contributed by atoms with Crippen molar-refractivity contribution in [3.8, 4) is 11.5 Å². The van der Waals surface area contributed by atoms with Crippen molar-refractivity contribution in [3.05, 3.63) is 144 Å². The normalized spacial score (nSPS) is 11.2. The van der Waals surface area contributed by atoms with Crippen LogP contribution < -0.4 is 9.47 Å². The maximum atomic E-state index is 13.5. The van der Waals surface area contributed by atoms with Gasteiger partial charge in [0.15, 0.2) is 0 Å². The lowest BCUT2D eigenvalue weighted by atomic mass is 9.91. The number of rotatable bonds is 10. The Kier molecular flexibility index (Phi) is 9.27. The number of fused-ring (bicyclic) bond motifs is 1. The van der Waals surface area contributed by atoms with Crippen LogP contribution >= 0.6 is 0 Å². The first-order valence-electron chi connectivity index (χ1n) is 13.2. The van der Waals surface area contributed by atoms with Crippen LogP contribution in [0.5, 0.6) is 11.5 Å². The van der Waals surface area contributed by atoms with E-state index in [1.165, 1.54) is 0 Å². The van der Waals surface area contributed by atoms with Gasteiger partial charge in [0.1, 0.15) is 11.5 Å². The smallest absolute Gasteiger partial charge is 0.343 e. The van der Waals surface area contributed by atoms with Gasteiger partial charge in [0.05, 0.1) is 11.1 Å². The fraction of sp³-hybridized carbons (Fsp3) is 0.111. The van der Waals surface area contributed by atoms with E-state index in [-0.39, 0.29) is 0 Å². The summed E-state index contributed by atoms with van der Waals surface area (Å²) in [5.74, 6) is -0.0182. The first-order chi connectivity index (χ1) is 19.5. The van der Waals surface area contributed by atoms with E-state index in [2.05, 4.69) is 13.2 Å². The Hall–Kier alpha value is -4.96. The molecule has 0 aromatic heterocycles. The van der Waals surface area contributed by atoms with Gasteiger partial charge < -0.3 is 9.47 Å². The lowest BCUT2D eigenvalue weighted by Gasteiger charge is -2.16. The van der Waals surface area contributed by atoms with E-state index in [4.69, 9.17) is 9.47 Å². The lowest BCUT2D eigenvalue weighted by Crippen LogP contribution is -2.13. The molecule has 0 spiro atoms. The molecule has 0 N–H and O–H groups in total. The van der Waals surface area contributed by atoms with Crippen molar-refractivity contribution in [1.29, 1.82) is 0 Å². The molecule has 4 aromatic rings. The van der Waals surface area contributed by atoms with Crippen molar-refractivity contribution in [2.24, 2.45) is 0 Å². The van der Waals surface area contributed by atoms with Gasteiger partial charge in [-0.05, 0) is 78.9 Å². The van der Waals surface area contributed by atoms with Gasteiger partial charge in [-0.1, -0.05) is 78.9 Å². The Bertz CT molecular complexity index is 1640. The number of hydrogen-bond acceptors (Lipinski definition) is 4. The van der Waals surface area contributed by atoms with Crippen molar-refractivity contribution in [3.63, 3.8) is 0 Å². The Morgan fingerprint density at radius 3 is 1.85 bits per heavy atom. The first kappa shape index (κ1) is 28.1. The van der Waals surface area contributed by atoms with E-state index in [0.29, 0.717) is 35.5 Å². The molecule has 0 aliphatic heterocycles. The molecular weight excluding hydrogens is 496 g/mol. The van der Waals surface area contributed by atoms with Crippen LogP contribution in [-0.4, -0.2) is 11.9 Å². The van der Waals surface area contributed by atoms with Gasteiger partial charge >= 0.3 is 11.9 Å². The third-order valence-corrected chi connectivity index (χ3v) is 6.44. The molecule has 4 heteroatoms. The minimum Gasteiger partial charge on any atom is -0.422 e. The van der Waals surface area contributed by atoms with Gasteiger partial charge in [0, 0.05) is 11.1 Å². The molecule has 0 saturated heterocycles. The molecule has 0 aliphatic carbocycles. The van der Waals surface area contributed by atoms with Gasteiger partial charge in [-0.15, -0.1) is 13.2 Å². The maximum Gasteiger partial charge on any atom is 0.343 e.